The van der Waals surface area contributed by atoms with Gasteiger partial charge >= 0.3 is 0 Å². The van der Waals surface area contributed by atoms with Crippen LogP contribution in [-0.2, 0) is 11.3 Å². The van der Waals surface area contributed by atoms with Gasteiger partial charge in [-0.3, -0.25) is 0 Å². The van der Waals surface area contributed by atoms with E-state index in [9.17, 15) is 13.2 Å². The summed E-state index contributed by atoms with van der Waals surface area (Å²) in [7, 11) is 1.47. The molecule has 1 aliphatic rings. The van der Waals surface area contributed by atoms with Crippen LogP contribution in [0.5, 0.6) is 5.88 Å². The molecule has 5 rings (SSSR count). The second kappa shape index (κ2) is 9.06. The Kier molecular flexibility index (Phi) is 5.96. The summed E-state index contributed by atoms with van der Waals surface area (Å²) in [6.45, 7) is -0.390. The van der Waals surface area contributed by atoms with E-state index >= 15 is 0 Å². The van der Waals surface area contributed by atoms with E-state index in [0.717, 1.165) is 17.5 Å². The summed E-state index contributed by atoms with van der Waals surface area (Å²) in [4.78, 5) is 4.45. The van der Waals surface area contributed by atoms with Crippen molar-refractivity contribution in [2.45, 2.75) is 38.0 Å². The maximum atomic E-state index is 14.7. The lowest BCUT2D eigenvalue weighted by Crippen LogP contribution is -2.41. The monoisotopic (exact) mass is 477 g/mol. The van der Waals surface area contributed by atoms with Crippen LogP contribution in [0.2, 0.25) is 0 Å². The van der Waals surface area contributed by atoms with Gasteiger partial charge < -0.3 is 19.9 Å². The molecule has 34 heavy (non-hydrogen) atoms. The molecule has 0 radical (unpaired) electrons. The van der Waals surface area contributed by atoms with Crippen LogP contribution in [0.25, 0.3) is 27.7 Å². The highest BCUT2D eigenvalue weighted by molar-refractivity contribution is 5.89. The lowest BCUT2D eigenvalue weighted by molar-refractivity contribution is -0.0196. The normalized spacial score (nSPS) is 18.1. The molecule has 0 amide bonds. The molecular weight excluding hydrogens is 455 g/mol. The fraction of sp³-hybridized carbons (Fsp3) is 0.429. The molecule has 10 nitrogen and oxygen atoms in total. The lowest BCUT2D eigenvalue weighted by atomic mass is 9.89. The molecule has 3 aromatic heterocycles. The van der Waals surface area contributed by atoms with Crippen molar-refractivity contribution < 1.29 is 27.8 Å². The van der Waals surface area contributed by atoms with Crippen molar-refractivity contribution in [2.24, 2.45) is 0 Å². The average Bonchev–Trinajstić information content (AvgIpc) is 3.39. The van der Waals surface area contributed by atoms with Crippen molar-refractivity contribution in [3.05, 3.63) is 30.2 Å². The van der Waals surface area contributed by atoms with Crippen molar-refractivity contribution >= 4 is 22.5 Å². The van der Waals surface area contributed by atoms with Gasteiger partial charge in [0.05, 0.1) is 31.9 Å². The maximum absolute atomic E-state index is 14.7. The summed E-state index contributed by atoms with van der Waals surface area (Å²) in [5.74, 6) is -0.0453. The number of aliphatic hydroxyl groups excluding tert-OH is 1. The zero-order valence-corrected chi connectivity index (χ0v) is 18.2. The lowest BCUT2D eigenvalue weighted by Gasteiger charge is -2.35. The summed E-state index contributed by atoms with van der Waals surface area (Å²) >= 11 is 0. The number of benzene rings is 1. The molecular formula is C21H22F3N7O3. The summed E-state index contributed by atoms with van der Waals surface area (Å²) in [5.41, 5.74) is 1.57. The molecule has 1 saturated carbocycles. The topological polar surface area (TPSA) is 112 Å². The molecule has 2 N–H and O–H groups in total. The number of halogens is 3. The largest absolute Gasteiger partial charge is 0.479 e. The molecule has 1 aromatic carbocycles. The molecule has 13 heteroatoms. The predicted molar refractivity (Wildman–Crippen MR) is 115 cm³/mol. The van der Waals surface area contributed by atoms with Crippen molar-refractivity contribution in [1.82, 2.24) is 29.6 Å². The van der Waals surface area contributed by atoms with E-state index < -0.39 is 18.8 Å². The van der Waals surface area contributed by atoms with Gasteiger partial charge in [-0.1, -0.05) is 5.21 Å². The molecule has 180 valence electrons. The number of alkyl halides is 2. The maximum Gasteiger partial charge on any atom is 0.258 e. The highest BCUT2D eigenvalue weighted by Gasteiger charge is 2.30. The minimum atomic E-state index is -2.65. The number of nitrogens with one attached hydrogen (secondary N) is 1. The predicted octanol–water partition coefficient (Wildman–Crippen LogP) is 2.51. The quantitative estimate of drug-likeness (QED) is 0.378. The number of hydrogen-bond donors (Lipinski definition) is 2. The number of anilines is 1. The molecule has 4 aromatic rings. The Balaban J connectivity index is 1.46. The summed E-state index contributed by atoms with van der Waals surface area (Å²) in [5, 5.41) is 23.9. The van der Waals surface area contributed by atoms with Gasteiger partial charge in [0.2, 0.25) is 11.8 Å². The Labute approximate surface area is 191 Å². The van der Waals surface area contributed by atoms with Crippen LogP contribution in [0.1, 0.15) is 12.8 Å². The second-order valence-corrected chi connectivity index (χ2v) is 7.98. The van der Waals surface area contributed by atoms with E-state index in [-0.39, 0.29) is 35.7 Å². The third-order valence-corrected chi connectivity index (χ3v) is 5.74. The van der Waals surface area contributed by atoms with Gasteiger partial charge in [0, 0.05) is 17.8 Å². The molecule has 0 saturated heterocycles. The van der Waals surface area contributed by atoms with E-state index in [2.05, 4.69) is 25.7 Å². The molecule has 1 aliphatic carbocycles. The Hall–Kier alpha value is -3.45. The number of nitrogens with zero attached hydrogens (tertiary/aromatic N) is 6. The minimum absolute atomic E-state index is 0.0105. The van der Waals surface area contributed by atoms with E-state index in [1.807, 2.05) is 0 Å². The molecule has 0 unspecified atom stereocenters. The number of rotatable bonds is 9. The standard InChI is InChI=1S/C21H22F3N7O3/c1-33-20-19-14(11-6-15(22)18-16(7-11)31(29-27-18)10-17(23)24)2-3-30(19)28-21(26-20)25-12-8-13(9-12)34-5-4-32/h2-3,6-7,12-13,17,32H,4-5,8-10H2,1H3,(H,25,28)/t12-,13+. The number of ether oxygens (including phenoxy) is 2. The second-order valence-electron chi connectivity index (χ2n) is 7.98. The van der Waals surface area contributed by atoms with Crippen LogP contribution in [0.4, 0.5) is 19.1 Å². The molecule has 0 bridgehead atoms. The zero-order valence-electron chi connectivity index (χ0n) is 18.2. The van der Waals surface area contributed by atoms with Crippen LogP contribution in [0.3, 0.4) is 0 Å². The number of methoxy groups -OCH3 is 1. The molecule has 0 aliphatic heterocycles. The van der Waals surface area contributed by atoms with Gasteiger partial charge in [0.25, 0.3) is 6.43 Å². The minimum Gasteiger partial charge on any atom is -0.479 e. The van der Waals surface area contributed by atoms with Gasteiger partial charge in [0.15, 0.2) is 5.82 Å². The molecule has 3 heterocycles. The van der Waals surface area contributed by atoms with Crippen LogP contribution in [0.15, 0.2) is 24.4 Å². The van der Waals surface area contributed by atoms with Crippen LogP contribution < -0.4 is 10.1 Å². The average molecular weight is 477 g/mol. The van der Waals surface area contributed by atoms with E-state index in [1.165, 1.54) is 13.2 Å². The first-order valence-corrected chi connectivity index (χ1v) is 10.7. The fourth-order valence-electron chi connectivity index (χ4n) is 4.10. The number of fused-ring (bicyclic) bond motifs is 2. The van der Waals surface area contributed by atoms with Crippen molar-refractivity contribution in [3.63, 3.8) is 0 Å². The third kappa shape index (κ3) is 4.12. The summed E-state index contributed by atoms with van der Waals surface area (Å²) in [6.07, 6.45) is 0.649. The van der Waals surface area contributed by atoms with E-state index in [0.29, 0.717) is 29.2 Å². The first-order valence-electron chi connectivity index (χ1n) is 10.7. The van der Waals surface area contributed by atoms with Crippen molar-refractivity contribution in [1.29, 1.82) is 0 Å². The van der Waals surface area contributed by atoms with Crippen molar-refractivity contribution in [3.8, 4) is 17.0 Å². The van der Waals surface area contributed by atoms with Gasteiger partial charge in [-0.15, -0.1) is 10.2 Å². The molecule has 0 spiro atoms. The Morgan fingerprint density at radius 3 is 2.85 bits per heavy atom. The smallest absolute Gasteiger partial charge is 0.258 e. The molecule has 0 atom stereocenters. The Bertz CT molecular complexity index is 1320. The van der Waals surface area contributed by atoms with Crippen LogP contribution >= 0.6 is 0 Å². The number of hydrogen-bond acceptors (Lipinski definition) is 8. The van der Waals surface area contributed by atoms with Gasteiger partial charge in [0.1, 0.15) is 17.6 Å². The first kappa shape index (κ1) is 22.3. The van der Waals surface area contributed by atoms with Gasteiger partial charge in [-0.05, 0) is 36.6 Å². The Morgan fingerprint density at radius 1 is 1.29 bits per heavy atom. The molecule has 1 fully saturated rings. The van der Waals surface area contributed by atoms with Gasteiger partial charge in [-0.2, -0.15) is 4.98 Å². The summed E-state index contributed by atoms with van der Waals surface area (Å²) in [6, 6.07) is 4.68. The van der Waals surface area contributed by atoms with Crippen LogP contribution in [-0.4, -0.2) is 73.6 Å². The first-order chi connectivity index (χ1) is 16.5. The van der Waals surface area contributed by atoms with Gasteiger partial charge in [-0.25, -0.2) is 22.4 Å². The SMILES string of the molecule is COc1nc(N[C@H]2C[C@@H](OCCO)C2)nn2ccc(-c3cc(F)c4nnn(CC(F)F)c4c3)c12. The van der Waals surface area contributed by atoms with E-state index in [4.69, 9.17) is 14.6 Å². The fourth-order valence-corrected chi connectivity index (χ4v) is 4.10. The summed E-state index contributed by atoms with van der Waals surface area (Å²) < 4.78 is 54.0. The number of aromatic nitrogens is 6. The Morgan fingerprint density at radius 2 is 2.12 bits per heavy atom. The third-order valence-electron chi connectivity index (χ3n) is 5.74. The highest BCUT2D eigenvalue weighted by Crippen LogP contribution is 2.34. The zero-order chi connectivity index (χ0) is 23.8. The highest BCUT2D eigenvalue weighted by atomic mass is 19.3. The van der Waals surface area contributed by atoms with Crippen LogP contribution in [0, 0.1) is 5.82 Å². The van der Waals surface area contributed by atoms with Crippen molar-refractivity contribution in [2.75, 3.05) is 25.6 Å². The number of aliphatic hydroxyl groups is 1. The van der Waals surface area contributed by atoms with E-state index in [1.54, 1.807) is 22.8 Å².